The molecule has 0 spiro atoms. The Morgan fingerprint density at radius 2 is 1.58 bits per heavy atom. The summed E-state index contributed by atoms with van der Waals surface area (Å²) >= 11 is 12.3. The van der Waals surface area contributed by atoms with Crippen molar-refractivity contribution in [3.05, 3.63) is 22.7 Å². The second-order valence-corrected chi connectivity index (χ2v) is 5.75. The fourth-order valence-electron chi connectivity index (χ4n) is 1.96. The van der Waals surface area contributed by atoms with Crippen LogP contribution in [0, 0.1) is 0 Å². The van der Waals surface area contributed by atoms with Gasteiger partial charge in [-0.3, -0.25) is 0 Å². The molecular weight excluding hydrogens is 283 g/mol. The molecule has 0 aliphatic rings. The normalized spacial score (nSPS) is 11.5. The van der Waals surface area contributed by atoms with Crippen molar-refractivity contribution in [3.63, 3.8) is 0 Å². The van der Waals surface area contributed by atoms with Gasteiger partial charge in [0.1, 0.15) is 0 Å². The van der Waals surface area contributed by atoms with Gasteiger partial charge in [0.2, 0.25) is 0 Å². The molecule has 1 aromatic carbocycles. The molecule has 19 heavy (non-hydrogen) atoms. The number of benzene rings is 1. The minimum atomic E-state index is -0.0879. The summed E-state index contributed by atoms with van der Waals surface area (Å²) < 4.78 is 11.2. The number of alkyl halides is 1. The van der Waals surface area contributed by atoms with Crippen molar-refractivity contribution in [1.82, 2.24) is 0 Å². The third-order valence-electron chi connectivity index (χ3n) is 3.08. The number of ether oxygens (including phenoxy) is 2. The highest BCUT2D eigenvalue weighted by Crippen LogP contribution is 2.40. The van der Waals surface area contributed by atoms with Gasteiger partial charge in [-0.15, -0.1) is 11.6 Å². The van der Waals surface area contributed by atoms with Crippen LogP contribution in [-0.2, 0) is 5.41 Å². The molecule has 0 saturated carbocycles. The quantitative estimate of drug-likeness (QED) is 0.657. The summed E-state index contributed by atoms with van der Waals surface area (Å²) in [5, 5.41) is 0.696. The Hall–Kier alpha value is -0.600. The Morgan fingerprint density at radius 1 is 1.05 bits per heavy atom. The third kappa shape index (κ3) is 4.19. The lowest BCUT2D eigenvalue weighted by Crippen LogP contribution is -2.18. The van der Waals surface area contributed by atoms with Crippen LogP contribution in [0.4, 0.5) is 0 Å². The summed E-state index contributed by atoms with van der Waals surface area (Å²) in [5.74, 6) is 2.03. The van der Waals surface area contributed by atoms with E-state index in [9.17, 15) is 0 Å². The van der Waals surface area contributed by atoms with E-state index in [1.807, 2.05) is 26.0 Å². The lowest BCUT2D eigenvalue weighted by Gasteiger charge is -2.26. The minimum absolute atomic E-state index is 0.0879. The molecule has 0 N–H and O–H groups in total. The van der Waals surface area contributed by atoms with Crippen LogP contribution in [-0.4, -0.2) is 19.1 Å². The molecule has 0 fully saturated rings. The Morgan fingerprint density at radius 3 is 2.05 bits per heavy atom. The zero-order chi connectivity index (χ0) is 14.5. The van der Waals surface area contributed by atoms with Crippen LogP contribution < -0.4 is 9.47 Å². The lowest BCUT2D eigenvalue weighted by molar-refractivity contribution is 0.287. The van der Waals surface area contributed by atoms with E-state index in [1.54, 1.807) is 0 Å². The van der Waals surface area contributed by atoms with E-state index in [0.29, 0.717) is 29.9 Å². The van der Waals surface area contributed by atoms with Crippen molar-refractivity contribution in [2.75, 3.05) is 19.1 Å². The van der Waals surface area contributed by atoms with Gasteiger partial charge < -0.3 is 9.47 Å². The average molecular weight is 305 g/mol. The molecule has 0 aliphatic carbocycles. The summed E-state index contributed by atoms with van der Waals surface area (Å²) in [5.41, 5.74) is 0.955. The number of hydrogen-bond acceptors (Lipinski definition) is 2. The topological polar surface area (TPSA) is 18.5 Å². The maximum Gasteiger partial charge on any atom is 0.162 e. The molecule has 2 nitrogen and oxygen atoms in total. The first-order chi connectivity index (χ1) is 8.96. The maximum absolute atomic E-state index is 6.38. The maximum atomic E-state index is 6.38. The Balaban J connectivity index is 3.23. The average Bonchev–Trinajstić information content (AvgIpc) is 2.32. The van der Waals surface area contributed by atoms with E-state index < -0.39 is 0 Å². The van der Waals surface area contributed by atoms with Gasteiger partial charge >= 0.3 is 0 Å². The highest BCUT2D eigenvalue weighted by Gasteiger charge is 2.25. The van der Waals surface area contributed by atoms with Crippen LogP contribution in [0.15, 0.2) is 12.1 Å². The molecule has 0 unspecified atom stereocenters. The molecule has 0 aromatic heterocycles. The second kappa shape index (κ2) is 7.25. The van der Waals surface area contributed by atoms with Gasteiger partial charge in [0, 0.05) is 17.0 Å². The zero-order valence-electron chi connectivity index (χ0n) is 12.1. The molecule has 4 heteroatoms. The first-order valence-electron chi connectivity index (χ1n) is 6.61. The Bertz CT molecular complexity index is 417. The summed E-state index contributed by atoms with van der Waals surface area (Å²) in [7, 11) is 0. The van der Waals surface area contributed by atoms with Crippen LogP contribution in [0.3, 0.4) is 0 Å². The van der Waals surface area contributed by atoms with Crippen LogP contribution in [0.5, 0.6) is 11.5 Å². The molecule has 0 atom stereocenters. The van der Waals surface area contributed by atoms with Crippen LogP contribution in [0.25, 0.3) is 0 Å². The van der Waals surface area contributed by atoms with E-state index in [0.717, 1.165) is 17.7 Å². The van der Waals surface area contributed by atoms with Gasteiger partial charge in [0.25, 0.3) is 0 Å². The highest BCUT2D eigenvalue weighted by molar-refractivity contribution is 6.31. The molecule has 0 heterocycles. The van der Waals surface area contributed by atoms with Crippen molar-refractivity contribution >= 4 is 23.2 Å². The highest BCUT2D eigenvalue weighted by atomic mass is 35.5. The van der Waals surface area contributed by atoms with Gasteiger partial charge in [0.05, 0.1) is 13.2 Å². The van der Waals surface area contributed by atoms with Crippen molar-refractivity contribution in [2.45, 2.75) is 39.5 Å². The minimum Gasteiger partial charge on any atom is -0.490 e. The lowest BCUT2D eigenvalue weighted by atomic mass is 9.82. The monoisotopic (exact) mass is 304 g/mol. The van der Waals surface area contributed by atoms with Crippen molar-refractivity contribution in [2.24, 2.45) is 0 Å². The molecule has 1 aromatic rings. The van der Waals surface area contributed by atoms with Crippen molar-refractivity contribution in [3.8, 4) is 11.5 Å². The Kier molecular flexibility index (Phi) is 6.28. The molecule has 0 amide bonds. The SMILES string of the molecule is CCOc1cc(Cl)c(C(C)(C)CCCl)cc1OCC. The van der Waals surface area contributed by atoms with Crippen LogP contribution >= 0.6 is 23.2 Å². The van der Waals surface area contributed by atoms with E-state index in [2.05, 4.69) is 13.8 Å². The third-order valence-corrected chi connectivity index (χ3v) is 3.58. The molecule has 0 aliphatic heterocycles. The fourth-order valence-corrected chi connectivity index (χ4v) is 2.84. The van der Waals surface area contributed by atoms with E-state index in [1.165, 1.54) is 0 Å². The standard InChI is InChI=1S/C15H22Cl2O2/c1-5-18-13-9-11(15(3,4)7-8-16)12(17)10-14(13)19-6-2/h9-10H,5-8H2,1-4H3. The fraction of sp³-hybridized carbons (Fsp3) is 0.600. The molecule has 0 bridgehead atoms. The van der Waals surface area contributed by atoms with Crippen LogP contribution in [0.2, 0.25) is 5.02 Å². The summed E-state index contributed by atoms with van der Waals surface area (Å²) in [6, 6.07) is 3.81. The van der Waals surface area contributed by atoms with Crippen molar-refractivity contribution < 1.29 is 9.47 Å². The zero-order valence-corrected chi connectivity index (χ0v) is 13.6. The first kappa shape index (κ1) is 16.5. The van der Waals surface area contributed by atoms with E-state index >= 15 is 0 Å². The van der Waals surface area contributed by atoms with Gasteiger partial charge in [-0.1, -0.05) is 25.4 Å². The second-order valence-electron chi connectivity index (χ2n) is 4.97. The number of rotatable bonds is 7. The Labute approximate surface area is 126 Å². The van der Waals surface area contributed by atoms with Gasteiger partial charge in [0.15, 0.2) is 11.5 Å². The molecule has 0 radical (unpaired) electrons. The van der Waals surface area contributed by atoms with Gasteiger partial charge in [-0.2, -0.15) is 0 Å². The van der Waals surface area contributed by atoms with E-state index in [-0.39, 0.29) is 5.41 Å². The smallest absolute Gasteiger partial charge is 0.162 e. The molecular formula is C15H22Cl2O2. The first-order valence-corrected chi connectivity index (χ1v) is 7.53. The number of halogens is 2. The van der Waals surface area contributed by atoms with Gasteiger partial charge in [-0.05, 0) is 37.3 Å². The summed E-state index contributed by atoms with van der Waals surface area (Å²) in [6.07, 6.45) is 0.855. The largest absolute Gasteiger partial charge is 0.490 e. The molecule has 0 saturated heterocycles. The molecule has 1 rings (SSSR count). The van der Waals surface area contributed by atoms with Crippen LogP contribution in [0.1, 0.15) is 39.7 Å². The van der Waals surface area contributed by atoms with Gasteiger partial charge in [-0.25, -0.2) is 0 Å². The van der Waals surface area contributed by atoms with E-state index in [4.69, 9.17) is 32.7 Å². The predicted octanol–water partition coefficient (Wildman–Crippen LogP) is 5.04. The number of hydrogen-bond donors (Lipinski definition) is 0. The summed E-state index contributed by atoms with van der Waals surface area (Å²) in [6.45, 7) is 9.33. The predicted molar refractivity (Wildman–Crippen MR) is 82.2 cm³/mol. The van der Waals surface area contributed by atoms with Crippen molar-refractivity contribution in [1.29, 1.82) is 0 Å². The molecule has 108 valence electrons. The summed E-state index contributed by atoms with van der Waals surface area (Å²) in [4.78, 5) is 0.